The number of hydrogen-bond acceptors (Lipinski definition) is 2. The molecule has 1 aromatic heterocycles. The molecule has 1 saturated carbocycles. The lowest BCUT2D eigenvalue weighted by Gasteiger charge is -2.19. The van der Waals surface area contributed by atoms with Crippen LogP contribution in [0.15, 0.2) is 47.4 Å². The standard InChI is InChI=1S/C17H19ClN2O/c1-20-9-8-12(10-16(20)21)11-19-17(13-2-3-13)14-4-6-15(18)7-5-14/h4-10,13,17,19H,2-3,11H2,1H3. The van der Waals surface area contributed by atoms with Gasteiger partial charge in [0, 0.05) is 36.9 Å². The minimum Gasteiger partial charge on any atom is -0.319 e. The first-order valence-electron chi connectivity index (χ1n) is 7.28. The molecule has 0 aliphatic heterocycles. The fourth-order valence-corrected chi connectivity index (χ4v) is 2.71. The van der Waals surface area contributed by atoms with Gasteiger partial charge in [-0.2, -0.15) is 0 Å². The van der Waals surface area contributed by atoms with E-state index in [1.165, 1.54) is 18.4 Å². The van der Waals surface area contributed by atoms with E-state index in [0.29, 0.717) is 18.5 Å². The summed E-state index contributed by atoms with van der Waals surface area (Å²) in [6.45, 7) is 0.708. The summed E-state index contributed by atoms with van der Waals surface area (Å²) in [7, 11) is 1.76. The van der Waals surface area contributed by atoms with Crippen LogP contribution in [0, 0.1) is 5.92 Å². The van der Waals surface area contributed by atoms with E-state index in [1.54, 1.807) is 17.7 Å². The lowest BCUT2D eigenvalue weighted by molar-refractivity contribution is 0.480. The van der Waals surface area contributed by atoms with Crippen molar-refractivity contribution in [2.45, 2.75) is 25.4 Å². The molecular weight excluding hydrogens is 284 g/mol. The maximum absolute atomic E-state index is 11.7. The van der Waals surface area contributed by atoms with Crippen LogP contribution in [0.2, 0.25) is 5.02 Å². The molecule has 21 heavy (non-hydrogen) atoms. The first-order chi connectivity index (χ1) is 10.1. The van der Waals surface area contributed by atoms with Crippen LogP contribution in [-0.4, -0.2) is 4.57 Å². The number of hydrogen-bond donors (Lipinski definition) is 1. The molecule has 1 fully saturated rings. The van der Waals surface area contributed by atoms with Crippen molar-refractivity contribution in [2.75, 3.05) is 0 Å². The molecule has 3 rings (SSSR count). The molecule has 1 atom stereocenters. The number of nitrogens with zero attached hydrogens (tertiary/aromatic N) is 1. The van der Waals surface area contributed by atoms with Gasteiger partial charge in [0.25, 0.3) is 5.56 Å². The Kier molecular flexibility index (Phi) is 4.13. The zero-order chi connectivity index (χ0) is 14.8. The van der Waals surface area contributed by atoms with Crippen molar-refractivity contribution in [3.05, 3.63) is 69.1 Å². The molecule has 1 N–H and O–H groups in total. The molecule has 1 unspecified atom stereocenters. The molecule has 1 heterocycles. The Labute approximate surface area is 129 Å². The third-order valence-corrected chi connectivity index (χ3v) is 4.27. The average Bonchev–Trinajstić information content (AvgIpc) is 3.29. The van der Waals surface area contributed by atoms with Crippen LogP contribution in [0.1, 0.15) is 30.0 Å². The molecule has 0 amide bonds. The Morgan fingerprint density at radius 2 is 2.00 bits per heavy atom. The van der Waals surface area contributed by atoms with E-state index in [2.05, 4.69) is 17.4 Å². The molecule has 110 valence electrons. The summed E-state index contributed by atoms with van der Waals surface area (Å²) >= 11 is 5.96. The van der Waals surface area contributed by atoms with Gasteiger partial charge in [-0.05, 0) is 48.1 Å². The highest BCUT2D eigenvalue weighted by Gasteiger charge is 2.31. The van der Waals surface area contributed by atoms with Gasteiger partial charge in [-0.25, -0.2) is 0 Å². The first-order valence-corrected chi connectivity index (χ1v) is 7.66. The Morgan fingerprint density at radius 1 is 1.29 bits per heavy atom. The minimum atomic E-state index is 0.0313. The van der Waals surface area contributed by atoms with Crippen molar-refractivity contribution in [3.8, 4) is 0 Å². The first kappa shape index (κ1) is 14.4. The van der Waals surface area contributed by atoms with Gasteiger partial charge in [0.2, 0.25) is 0 Å². The largest absolute Gasteiger partial charge is 0.319 e. The molecule has 1 aliphatic rings. The summed E-state index contributed by atoms with van der Waals surface area (Å²) in [6, 6.07) is 12.1. The van der Waals surface area contributed by atoms with Crippen LogP contribution in [0.4, 0.5) is 0 Å². The van der Waals surface area contributed by atoms with Crippen molar-refractivity contribution in [1.29, 1.82) is 0 Å². The van der Waals surface area contributed by atoms with E-state index in [0.717, 1.165) is 10.6 Å². The summed E-state index contributed by atoms with van der Waals surface area (Å²) in [5.41, 5.74) is 2.33. The highest BCUT2D eigenvalue weighted by atomic mass is 35.5. The third-order valence-electron chi connectivity index (χ3n) is 4.02. The number of rotatable bonds is 5. The van der Waals surface area contributed by atoms with Gasteiger partial charge in [-0.3, -0.25) is 4.79 Å². The smallest absolute Gasteiger partial charge is 0.250 e. The van der Waals surface area contributed by atoms with Gasteiger partial charge in [-0.15, -0.1) is 0 Å². The number of pyridine rings is 1. The third kappa shape index (κ3) is 3.55. The van der Waals surface area contributed by atoms with Crippen LogP contribution in [-0.2, 0) is 13.6 Å². The second-order valence-corrected chi connectivity index (χ2v) is 6.17. The predicted octanol–water partition coefficient (Wildman–Crippen LogP) is 3.28. The van der Waals surface area contributed by atoms with Crippen molar-refractivity contribution in [2.24, 2.45) is 13.0 Å². The maximum Gasteiger partial charge on any atom is 0.250 e. The lowest BCUT2D eigenvalue weighted by Crippen LogP contribution is -2.24. The van der Waals surface area contributed by atoms with E-state index in [9.17, 15) is 4.79 Å². The van der Waals surface area contributed by atoms with Crippen molar-refractivity contribution in [3.63, 3.8) is 0 Å². The van der Waals surface area contributed by atoms with Crippen LogP contribution in [0.25, 0.3) is 0 Å². The van der Waals surface area contributed by atoms with Gasteiger partial charge in [0.1, 0.15) is 0 Å². The molecule has 1 aromatic carbocycles. The van der Waals surface area contributed by atoms with Crippen molar-refractivity contribution < 1.29 is 0 Å². The highest BCUT2D eigenvalue weighted by Crippen LogP contribution is 2.41. The minimum absolute atomic E-state index is 0.0313. The normalized spacial score (nSPS) is 15.9. The lowest BCUT2D eigenvalue weighted by atomic mass is 10.0. The molecule has 4 heteroatoms. The number of halogens is 1. The van der Waals surface area contributed by atoms with Crippen molar-refractivity contribution in [1.82, 2.24) is 9.88 Å². The second-order valence-electron chi connectivity index (χ2n) is 5.73. The van der Waals surface area contributed by atoms with Crippen molar-refractivity contribution >= 4 is 11.6 Å². The Balaban J connectivity index is 1.72. The fourth-order valence-electron chi connectivity index (χ4n) is 2.58. The fraction of sp³-hybridized carbons (Fsp3) is 0.353. The molecule has 0 bridgehead atoms. The summed E-state index contributed by atoms with van der Waals surface area (Å²) < 4.78 is 1.58. The van der Waals surface area contributed by atoms with E-state index in [4.69, 9.17) is 11.6 Å². The SMILES string of the molecule is Cn1ccc(CNC(c2ccc(Cl)cc2)C2CC2)cc1=O. The summed E-state index contributed by atoms with van der Waals surface area (Å²) in [5.74, 6) is 0.692. The molecular formula is C17H19ClN2O. The van der Waals surface area contributed by atoms with E-state index in [1.807, 2.05) is 24.4 Å². The van der Waals surface area contributed by atoms with Crippen LogP contribution < -0.4 is 10.9 Å². The van der Waals surface area contributed by atoms with E-state index >= 15 is 0 Å². The summed E-state index contributed by atoms with van der Waals surface area (Å²) in [4.78, 5) is 11.7. The number of aromatic nitrogens is 1. The molecule has 0 saturated heterocycles. The number of aryl methyl sites for hydroxylation is 1. The Morgan fingerprint density at radius 3 is 2.62 bits per heavy atom. The summed E-state index contributed by atoms with van der Waals surface area (Å²) in [5, 5.41) is 4.35. The molecule has 0 spiro atoms. The molecule has 2 aromatic rings. The average molecular weight is 303 g/mol. The van der Waals surface area contributed by atoms with Gasteiger partial charge < -0.3 is 9.88 Å². The van der Waals surface area contributed by atoms with E-state index in [-0.39, 0.29) is 5.56 Å². The number of nitrogens with one attached hydrogen (secondary N) is 1. The molecule has 3 nitrogen and oxygen atoms in total. The van der Waals surface area contributed by atoms with Gasteiger partial charge in [-0.1, -0.05) is 23.7 Å². The molecule has 1 aliphatic carbocycles. The zero-order valence-corrected chi connectivity index (χ0v) is 12.8. The number of benzene rings is 1. The van der Waals surface area contributed by atoms with Gasteiger partial charge in [0.05, 0.1) is 0 Å². The van der Waals surface area contributed by atoms with Crippen LogP contribution in [0.3, 0.4) is 0 Å². The van der Waals surface area contributed by atoms with Gasteiger partial charge >= 0.3 is 0 Å². The quantitative estimate of drug-likeness (QED) is 0.919. The zero-order valence-electron chi connectivity index (χ0n) is 12.1. The monoisotopic (exact) mass is 302 g/mol. The Bertz CT molecular complexity index is 674. The predicted molar refractivity (Wildman–Crippen MR) is 85.4 cm³/mol. The Hall–Kier alpha value is -1.58. The van der Waals surface area contributed by atoms with E-state index < -0.39 is 0 Å². The van der Waals surface area contributed by atoms with Crippen LogP contribution in [0.5, 0.6) is 0 Å². The second kappa shape index (κ2) is 6.04. The highest BCUT2D eigenvalue weighted by molar-refractivity contribution is 6.30. The van der Waals surface area contributed by atoms with Gasteiger partial charge in [0.15, 0.2) is 0 Å². The topological polar surface area (TPSA) is 34.0 Å². The van der Waals surface area contributed by atoms with Crippen LogP contribution >= 0.6 is 11.6 Å². The maximum atomic E-state index is 11.7. The molecule has 0 radical (unpaired) electrons. The summed E-state index contributed by atoms with van der Waals surface area (Å²) in [6.07, 6.45) is 4.33.